The number of nitrogens with one attached hydrogen (secondary N) is 1. The summed E-state index contributed by atoms with van der Waals surface area (Å²) in [7, 11) is 0. The highest BCUT2D eigenvalue weighted by molar-refractivity contribution is 5.22. The van der Waals surface area contributed by atoms with E-state index in [1.165, 1.54) is 36.9 Å². The third-order valence-electron chi connectivity index (χ3n) is 2.99. The van der Waals surface area contributed by atoms with Crippen molar-refractivity contribution in [3.8, 4) is 0 Å². The van der Waals surface area contributed by atoms with E-state index in [0.717, 1.165) is 24.8 Å². The summed E-state index contributed by atoms with van der Waals surface area (Å²) in [5, 5.41) is 3.44. The van der Waals surface area contributed by atoms with E-state index < -0.39 is 0 Å². The highest BCUT2D eigenvalue weighted by Crippen LogP contribution is 2.20. The summed E-state index contributed by atoms with van der Waals surface area (Å²) in [5.74, 6) is 0.970. The van der Waals surface area contributed by atoms with E-state index in [0.29, 0.717) is 0 Å². The van der Waals surface area contributed by atoms with Crippen LogP contribution in [0, 0.1) is 0 Å². The van der Waals surface area contributed by atoms with Crippen LogP contribution in [0.2, 0.25) is 0 Å². The smallest absolute Gasteiger partial charge is 0.142 e. The van der Waals surface area contributed by atoms with Crippen molar-refractivity contribution in [2.45, 2.75) is 44.7 Å². The molecular weight excluding hydrogens is 174 g/mol. The molecule has 14 heavy (non-hydrogen) atoms. The van der Waals surface area contributed by atoms with Gasteiger partial charge in [-0.15, -0.1) is 0 Å². The van der Waals surface area contributed by atoms with E-state index in [-0.39, 0.29) is 0 Å². The summed E-state index contributed by atoms with van der Waals surface area (Å²) in [6.45, 7) is 0.845. The van der Waals surface area contributed by atoms with Crippen molar-refractivity contribution in [3.05, 3.63) is 23.3 Å². The van der Waals surface area contributed by atoms with Crippen molar-refractivity contribution in [3.63, 3.8) is 0 Å². The molecule has 0 radical (unpaired) electrons. The molecule has 0 bridgehead atoms. The molecule has 1 aromatic heterocycles. The Morgan fingerprint density at radius 3 is 3.14 bits per heavy atom. The van der Waals surface area contributed by atoms with Crippen LogP contribution in [0.4, 0.5) is 0 Å². The van der Waals surface area contributed by atoms with Crippen molar-refractivity contribution in [1.82, 2.24) is 15.3 Å². The summed E-state index contributed by atoms with van der Waals surface area (Å²) >= 11 is 0. The Kier molecular flexibility index (Phi) is 1.98. The van der Waals surface area contributed by atoms with E-state index in [9.17, 15) is 0 Å². The van der Waals surface area contributed by atoms with Crippen molar-refractivity contribution < 1.29 is 0 Å². The summed E-state index contributed by atoms with van der Waals surface area (Å²) in [6, 6.07) is 0.742. The molecule has 1 aromatic rings. The van der Waals surface area contributed by atoms with E-state index in [1.807, 2.05) is 6.20 Å². The fraction of sp³-hybridized carbons (Fsp3) is 0.636. The molecule has 0 amide bonds. The lowest BCUT2D eigenvalue weighted by molar-refractivity contribution is 0.654. The lowest BCUT2D eigenvalue weighted by Gasteiger charge is -2.03. The summed E-state index contributed by atoms with van der Waals surface area (Å²) in [5.41, 5.74) is 2.65. The van der Waals surface area contributed by atoms with Gasteiger partial charge in [0.25, 0.3) is 0 Å². The van der Waals surface area contributed by atoms with Crippen molar-refractivity contribution >= 4 is 0 Å². The molecule has 2 aliphatic carbocycles. The molecule has 3 nitrogen and oxygen atoms in total. The average Bonchev–Trinajstić information content (AvgIpc) is 2.92. The van der Waals surface area contributed by atoms with Gasteiger partial charge in [0.1, 0.15) is 5.82 Å². The van der Waals surface area contributed by atoms with Crippen molar-refractivity contribution in [2.75, 3.05) is 0 Å². The van der Waals surface area contributed by atoms with Gasteiger partial charge in [-0.2, -0.15) is 0 Å². The zero-order valence-electron chi connectivity index (χ0n) is 8.29. The number of nitrogens with zero attached hydrogens (tertiary/aromatic N) is 2. The molecular formula is C11H15N3. The molecule has 3 heteroatoms. The summed E-state index contributed by atoms with van der Waals surface area (Å²) in [4.78, 5) is 8.96. The first kappa shape index (κ1) is 8.36. The predicted octanol–water partition coefficient (Wildman–Crippen LogP) is 1.22. The minimum absolute atomic E-state index is 0.742. The van der Waals surface area contributed by atoms with Gasteiger partial charge in [-0.3, -0.25) is 0 Å². The fourth-order valence-electron chi connectivity index (χ4n) is 1.96. The van der Waals surface area contributed by atoms with E-state index in [1.54, 1.807) is 0 Å². The van der Waals surface area contributed by atoms with Crippen LogP contribution < -0.4 is 5.32 Å². The lowest BCUT2D eigenvalue weighted by Crippen LogP contribution is -2.17. The van der Waals surface area contributed by atoms with Crippen LogP contribution in [0.5, 0.6) is 0 Å². The fourth-order valence-corrected chi connectivity index (χ4v) is 1.96. The first-order chi connectivity index (χ1) is 6.92. The van der Waals surface area contributed by atoms with Crippen LogP contribution in [0.15, 0.2) is 6.20 Å². The number of hydrogen-bond donors (Lipinski definition) is 1. The van der Waals surface area contributed by atoms with Crippen LogP contribution in [-0.4, -0.2) is 16.0 Å². The molecule has 0 spiro atoms. The van der Waals surface area contributed by atoms with E-state index in [2.05, 4.69) is 15.3 Å². The maximum atomic E-state index is 4.58. The van der Waals surface area contributed by atoms with Gasteiger partial charge >= 0.3 is 0 Å². The Morgan fingerprint density at radius 1 is 1.36 bits per heavy atom. The normalized spacial score (nSPS) is 19.7. The van der Waals surface area contributed by atoms with Gasteiger partial charge in [0.2, 0.25) is 0 Å². The molecule has 0 atom stereocenters. The second-order valence-corrected chi connectivity index (χ2v) is 4.27. The second-order valence-electron chi connectivity index (χ2n) is 4.27. The Balaban J connectivity index is 1.71. The van der Waals surface area contributed by atoms with Crippen molar-refractivity contribution in [2.24, 2.45) is 0 Å². The molecule has 2 aliphatic rings. The zero-order chi connectivity index (χ0) is 9.38. The number of aromatic nitrogens is 2. The van der Waals surface area contributed by atoms with Gasteiger partial charge < -0.3 is 5.32 Å². The average molecular weight is 189 g/mol. The monoisotopic (exact) mass is 189 g/mol. The first-order valence-electron chi connectivity index (χ1n) is 5.49. The van der Waals surface area contributed by atoms with Crippen molar-refractivity contribution in [1.29, 1.82) is 0 Å². The van der Waals surface area contributed by atoms with E-state index >= 15 is 0 Å². The lowest BCUT2D eigenvalue weighted by atomic mass is 10.3. The quantitative estimate of drug-likeness (QED) is 0.776. The molecule has 1 saturated carbocycles. The highest BCUT2D eigenvalue weighted by Gasteiger charge is 2.21. The first-order valence-corrected chi connectivity index (χ1v) is 5.49. The Hall–Kier alpha value is -0.960. The molecule has 0 aromatic carbocycles. The molecule has 3 rings (SSSR count). The number of aryl methyl sites for hydroxylation is 2. The number of rotatable bonds is 3. The van der Waals surface area contributed by atoms with E-state index in [4.69, 9.17) is 0 Å². The number of hydrogen-bond acceptors (Lipinski definition) is 3. The Bertz CT molecular complexity index is 344. The molecule has 0 unspecified atom stereocenters. The van der Waals surface area contributed by atoms with Gasteiger partial charge in [0, 0.05) is 17.9 Å². The van der Waals surface area contributed by atoms with Crippen LogP contribution in [-0.2, 0) is 19.4 Å². The Labute approximate surface area is 84.0 Å². The van der Waals surface area contributed by atoms with Gasteiger partial charge in [-0.25, -0.2) is 9.97 Å². The predicted molar refractivity (Wildman–Crippen MR) is 53.9 cm³/mol. The highest BCUT2D eigenvalue weighted by atomic mass is 15.0. The molecule has 1 fully saturated rings. The molecule has 1 N–H and O–H groups in total. The standard InChI is InChI=1S/C11H15N3/c1-2-8-6-13-11(14-10(8)3-1)7-12-9-4-5-9/h6,9,12H,1-5,7H2. The summed E-state index contributed by atoms with van der Waals surface area (Å²) in [6.07, 6.45) is 8.23. The SMILES string of the molecule is c1nc(CNC2CC2)nc2c1CCC2. The van der Waals surface area contributed by atoms with Gasteiger partial charge in [-0.05, 0) is 37.7 Å². The molecule has 0 aliphatic heterocycles. The van der Waals surface area contributed by atoms with Crippen LogP contribution >= 0.6 is 0 Å². The maximum absolute atomic E-state index is 4.58. The molecule has 1 heterocycles. The third kappa shape index (κ3) is 1.64. The van der Waals surface area contributed by atoms with Gasteiger partial charge in [0.05, 0.1) is 6.54 Å². The minimum atomic E-state index is 0.742. The van der Waals surface area contributed by atoms with Crippen LogP contribution in [0.3, 0.4) is 0 Å². The molecule has 0 saturated heterocycles. The largest absolute Gasteiger partial charge is 0.307 e. The summed E-state index contributed by atoms with van der Waals surface area (Å²) < 4.78 is 0. The van der Waals surface area contributed by atoms with Gasteiger partial charge in [-0.1, -0.05) is 0 Å². The molecule has 74 valence electrons. The van der Waals surface area contributed by atoms with Gasteiger partial charge in [0.15, 0.2) is 0 Å². The number of fused-ring (bicyclic) bond motifs is 1. The third-order valence-corrected chi connectivity index (χ3v) is 2.99. The Morgan fingerprint density at radius 2 is 2.29 bits per heavy atom. The second kappa shape index (κ2) is 3.31. The van der Waals surface area contributed by atoms with Crippen LogP contribution in [0.1, 0.15) is 36.3 Å². The topological polar surface area (TPSA) is 37.8 Å². The minimum Gasteiger partial charge on any atom is -0.307 e. The van der Waals surface area contributed by atoms with Crippen LogP contribution in [0.25, 0.3) is 0 Å². The zero-order valence-corrected chi connectivity index (χ0v) is 8.29. The maximum Gasteiger partial charge on any atom is 0.142 e.